The molecule has 3 aromatic rings. The van der Waals surface area contributed by atoms with Gasteiger partial charge in [0.25, 0.3) is 0 Å². The first-order valence-electron chi connectivity index (χ1n) is 12.8. The van der Waals surface area contributed by atoms with Crippen LogP contribution in [0.2, 0.25) is 0 Å². The average Bonchev–Trinajstić information content (AvgIpc) is 3.00. The molecule has 0 spiro atoms. The average molecular weight is 631 g/mol. The number of allylic oxidation sites excluding steroid dienone is 1. The zero-order valence-corrected chi connectivity index (χ0v) is 22.8. The van der Waals surface area contributed by atoms with Crippen molar-refractivity contribution in [3.63, 3.8) is 0 Å². The van der Waals surface area contributed by atoms with Crippen LogP contribution in [-0.2, 0) is 24.0 Å². The van der Waals surface area contributed by atoms with E-state index in [1.54, 1.807) is 0 Å². The predicted molar refractivity (Wildman–Crippen MR) is 146 cm³/mol. The number of aromatic hydroxyl groups is 7. The van der Waals surface area contributed by atoms with Gasteiger partial charge in [-0.15, -0.1) is 0 Å². The van der Waals surface area contributed by atoms with Crippen LogP contribution in [0.4, 0.5) is 0 Å². The molecule has 0 radical (unpaired) electrons. The molecule has 1 heterocycles. The molecule has 1 fully saturated rings. The van der Waals surface area contributed by atoms with E-state index in [4.69, 9.17) is 14.4 Å². The first-order valence-corrected chi connectivity index (χ1v) is 12.8. The molecule has 45 heavy (non-hydrogen) atoms. The lowest BCUT2D eigenvalue weighted by atomic mass is 9.95. The topological polar surface area (TPSA) is 270 Å². The van der Waals surface area contributed by atoms with Crippen molar-refractivity contribution in [2.24, 2.45) is 0 Å². The van der Waals surface area contributed by atoms with Crippen LogP contribution < -0.4 is 0 Å². The Morgan fingerprint density at radius 2 is 1.24 bits per heavy atom. The van der Waals surface area contributed by atoms with Gasteiger partial charge in [0, 0.05) is 6.42 Å². The number of carbonyl (C=O) groups is 3. The van der Waals surface area contributed by atoms with Gasteiger partial charge in [-0.05, 0) is 48.0 Å². The van der Waals surface area contributed by atoms with Gasteiger partial charge in [-0.25, -0.2) is 9.59 Å². The molecule has 5 atom stereocenters. The van der Waals surface area contributed by atoms with Gasteiger partial charge in [-0.1, -0.05) is 18.2 Å². The second kappa shape index (κ2) is 13.4. The Labute approximate surface area is 252 Å². The molecule has 16 heteroatoms. The lowest BCUT2D eigenvalue weighted by molar-refractivity contribution is -0.372. The summed E-state index contributed by atoms with van der Waals surface area (Å²) in [5.74, 6) is -8.77. The predicted octanol–water partition coefficient (Wildman–Crippen LogP) is 1.06. The second-order valence-electron chi connectivity index (χ2n) is 9.68. The zero-order valence-electron chi connectivity index (χ0n) is 22.8. The summed E-state index contributed by atoms with van der Waals surface area (Å²) in [4.78, 5) is 47.5. The van der Waals surface area contributed by atoms with E-state index in [1.165, 1.54) is 30.3 Å². The number of esters is 1. The summed E-state index contributed by atoms with van der Waals surface area (Å²) < 4.78 is 10.7. The molecule has 0 aromatic heterocycles. The SMILES string of the molecule is O=C(C=Cc1ccc(O)cc1)C[C@H]1O[C@@H](OC(=O)c2cc(O)c(O)c(O)c2)[C@H](OOC(=O)c2cc(O)c(O)c(O)c2)[C@H](O)[C@@H]1O. The van der Waals surface area contributed by atoms with Gasteiger partial charge in [0.05, 0.1) is 17.2 Å². The largest absolute Gasteiger partial charge is 0.508 e. The minimum Gasteiger partial charge on any atom is -0.508 e. The molecular formula is C29H26O16. The number of hydrogen-bond donors (Lipinski definition) is 9. The third-order valence-corrected chi connectivity index (χ3v) is 6.47. The summed E-state index contributed by atoms with van der Waals surface area (Å²) in [5.41, 5.74) is -0.520. The van der Waals surface area contributed by atoms with E-state index >= 15 is 0 Å². The van der Waals surface area contributed by atoms with E-state index in [0.29, 0.717) is 17.7 Å². The van der Waals surface area contributed by atoms with Crippen molar-refractivity contribution in [2.75, 3.05) is 0 Å². The van der Waals surface area contributed by atoms with Crippen LogP contribution in [0.3, 0.4) is 0 Å². The van der Waals surface area contributed by atoms with E-state index in [-0.39, 0.29) is 5.75 Å². The van der Waals surface area contributed by atoms with Crippen LogP contribution in [-0.4, -0.2) is 94.4 Å². The number of phenols is 7. The normalized spacial score (nSPS) is 21.3. The number of hydrogen-bond acceptors (Lipinski definition) is 16. The van der Waals surface area contributed by atoms with Crippen molar-refractivity contribution in [2.45, 2.75) is 37.1 Å². The molecular weight excluding hydrogens is 604 g/mol. The van der Waals surface area contributed by atoms with Gasteiger partial charge in [0.2, 0.25) is 6.29 Å². The van der Waals surface area contributed by atoms with Gasteiger partial charge in [-0.2, -0.15) is 4.89 Å². The van der Waals surface area contributed by atoms with E-state index < -0.39 is 100 Å². The Kier molecular flexibility index (Phi) is 9.63. The molecule has 0 unspecified atom stereocenters. The molecule has 0 saturated carbocycles. The molecule has 0 bridgehead atoms. The number of benzene rings is 3. The Morgan fingerprint density at radius 1 is 0.733 bits per heavy atom. The molecule has 16 nitrogen and oxygen atoms in total. The quantitative estimate of drug-likeness (QED) is 0.0525. The van der Waals surface area contributed by atoms with Crippen molar-refractivity contribution in [3.8, 4) is 40.2 Å². The van der Waals surface area contributed by atoms with Gasteiger partial charge < -0.3 is 55.4 Å². The fourth-order valence-electron chi connectivity index (χ4n) is 4.08. The van der Waals surface area contributed by atoms with Crippen LogP contribution in [0.5, 0.6) is 40.2 Å². The van der Waals surface area contributed by atoms with Crippen LogP contribution in [0.1, 0.15) is 32.7 Å². The third-order valence-electron chi connectivity index (χ3n) is 6.47. The Balaban J connectivity index is 1.54. The standard InChI is InChI=1S/C29H26O16/c30-15-4-1-12(2-5-15)3-6-16(31)11-21-24(38)25(39)26(44-45-28(41)14-9-19(34)23(37)20(35)10-14)29(42-21)43-27(40)13-7-17(32)22(36)18(33)8-13/h1-10,21,24-26,29-30,32-39H,11H2/t21-,24-,25-,26-,29+/m1/s1. The first kappa shape index (κ1) is 32.4. The third kappa shape index (κ3) is 7.51. The minimum atomic E-state index is -2.05. The molecule has 0 aliphatic carbocycles. The fraction of sp³-hybridized carbons (Fsp3) is 0.207. The molecule has 1 aliphatic heterocycles. The highest BCUT2D eigenvalue weighted by molar-refractivity contribution is 5.94. The van der Waals surface area contributed by atoms with Crippen molar-refractivity contribution in [3.05, 3.63) is 71.3 Å². The highest BCUT2D eigenvalue weighted by Crippen LogP contribution is 2.37. The number of aliphatic hydroxyl groups excluding tert-OH is 2. The summed E-state index contributed by atoms with van der Waals surface area (Å²) in [6.45, 7) is 0. The Hall–Kier alpha value is -5.55. The highest BCUT2D eigenvalue weighted by Gasteiger charge is 2.49. The second-order valence-corrected chi connectivity index (χ2v) is 9.68. The van der Waals surface area contributed by atoms with Crippen LogP contribution >= 0.6 is 0 Å². The molecule has 0 amide bonds. The number of rotatable bonds is 9. The van der Waals surface area contributed by atoms with Crippen LogP contribution in [0, 0.1) is 0 Å². The number of aliphatic hydroxyl groups is 2. The number of carbonyl (C=O) groups excluding carboxylic acids is 3. The van der Waals surface area contributed by atoms with Crippen molar-refractivity contribution in [1.29, 1.82) is 0 Å². The number of ketones is 1. The van der Waals surface area contributed by atoms with Crippen molar-refractivity contribution < 1.29 is 79.6 Å². The smallest absolute Gasteiger partial charge is 0.373 e. The Bertz CT molecular complexity index is 1570. The molecule has 3 aromatic carbocycles. The van der Waals surface area contributed by atoms with E-state index in [2.05, 4.69) is 4.89 Å². The van der Waals surface area contributed by atoms with Gasteiger partial charge in [0.15, 0.2) is 46.4 Å². The van der Waals surface area contributed by atoms with Crippen LogP contribution in [0.25, 0.3) is 6.08 Å². The molecule has 1 aliphatic rings. The fourth-order valence-corrected chi connectivity index (χ4v) is 4.08. The van der Waals surface area contributed by atoms with Crippen molar-refractivity contribution in [1.82, 2.24) is 0 Å². The van der Waals surface area contributed by atoms with Crippen molar-refractivity contribution >= 4 is 23.8 Å². The summed E-state index contributed by atoms with van der Waals surface area (Å²) in [6.07, 6.45) is -7.53. The maximum absolute atomic E-state index is 12.9. The van der Waals surface area contributed by atoms with E-state index in [9.17, 15) is 60.3 Å². The van der Waals surface area contributed by atoms with E-state index in [0.717, 1.165) is 18.2 Å². The maximum atomic E-state index is 12.9. The summed E-state index contributed by atoms with van der Waals surface area (Å²) >= 11 is 0. The van der Waals surface area contributed by atoms with Gasteiger partial charge in [-0.3, -0.25) is 9.68 Å². The molecule has 238 valence electrons. The van der Waals surface area contributed by atoms with E-state index in [1.807, 2.05) is 0 Å². The first-order chi connectivity index (χ1) is 21.2. The maximum Gasteiger partial charge on any atom is 0.373 e. The number of ether oxygens (including phenoxy) is 2. The lowest BCUT2D eigenvalue weighted by Crippen LogP contribution is -2.59. The van der Waals surface area contributed by atoms with Gasteiger partial charge in [0.1, 0.15) is 18.0 Å². The summed E-state index contributed by atoms with van der Waals surface area (Å²) in [7, 11) is 0. The zero-order chi connectivity index (χ0) is 33.0. The number of phenolic OH excluding ortho intramolecular Hbond substituents is 7. The monoisotopic (exact) mass is 630 g/mol. The Morgan fingerprint density at radius 3 is 1.78 bits per heavy atom. The van der Waals surface area contributed by atoms with Gasteiger partial charge >= 0.3 is 11.9 Å². The highest BCUT2D eigenvalue weighted by atomic mass is 17.2. The molecule has 4 rings (SSSR count). The summed E-state index contributed by atoms with van der Waals surface area (Å²) in [6, 6.07) is 8.68. The molecule has 1 saturated heterocycles. The summed E-state index contributed by atoms with van der Waals surface area (Å²) in [5, 5.41) is 88.7. The van der Waals surface area contributed by atoms with Crippen LogP contribution in [0.15, 0.2) is 54.6 Å². The lowest BCUT2D eigenvalue weighted by Gasteiger charge is -2.40. The minimum absolute atomic E-state index is 0.00585. The molecule has 9 N–H and O–H groups in total.